The van der Waals surface area contributed by atoms with Crippen molar-refractivity contribution in [2.24, 2.45) is 11.7 Å². The van der Waals surface area contributed by atoms with Crippen molar-refractivity contribution in [3.63, 3.8) is 0 Å². The highest BCUT2D eigenvalue weighted by molar-refractivity contribution is 5.85. The van der Waals surface area contributed by atoms with Crippen molar-refractivity contribution in [3.8, 4) is 0 Å². The highest BCUT2D eigenvalue weighted by Gasteiger charge is 2.17. The van der Waals surface area contributed by atoms with E-state index < -0.39 is 6.04 Å². The minimum Gasteiger partial charge on any atom is -0.465 e. The van der Waals surface area contributed by atoms with E-state index in [1.807, 2.05) is 13.8 Å². The van der Waals surface area contributed by atoms with Crippen LogP contribution in [0, 0.1) is 5.92 Å². The second-order valence-corrected chi connectivity index (χ2v) is 2.52. The van der Waals surface area contributed by atoms with Gasteiger partial charge in [0.25, 0.3) is 0 Å². The van der Waals surface area contributed by atoms with E-state index in [1.165, 1.54) is 0 Å². The number of carbonyl (C=O) groups excluding carboxylic acids is 1. The van der Waals surface area contributed by atoms with Gasteiger partial charge < -0.3 is 10.5 Å². The Morgan fingerprint density at radius 3 is 2.27 bits per heavy atom. The molecule has 0 aromatic heterocycles. The summed E-state index contributed by atoms with van der Waals surface area (Å²) in [6.07, 6.45) is 0. The van der Waals surface area contributed by atoms with Crippen LogP contribution < -0.4 is 5.73 Å². The fourth-order valence-electron chi connectivity index (χ4n) is 0.511. The van der Waals surface area contributed by atoms with Crippen LogP contribution in [0.15, 0.2) is 0 Å². The average molecular weight is 182 g/mol. The molecule has 2 N–H and O–H groups in total. The first-order valence-corrected chi connectivity index (χ1v) is 3.51. The minimum absolute atomic E-state index is 0. The molecule has 0 saturated heterocycles. The molecule has 0 spiro atoms. The Morgan fingerprint density at radius 1 is 1.55 bits per heavy atom. The minimum atomic E-state index is -0.472. The van der Waals surface area contributed by atoms with Gasteiger partial charge in [0.1, 0.15) is 6.04 Å². The van der Waals surface area contributed by atoms with Crippen LogP contribution in [0.2, 0.25) is 0 Å². The molecule has 0 aromatic carbocycles. The van der Waals surface area contributed by atoms with Crippen molar-refractivity contribution in [2.45, 2.75) is 26.8 Å². The standard InChI is InChI=1S/C7H15NO2.ClH/c1-4-10-7(9)6(8)5(2)3;/h5-6H,4,8H2,1-3H3;1H/t6-;/m1./s1. The van der Waals surface area contributed by atoms with Gasteiger partial charge in [0.05, 0.1) is 6.61 Å². The Kier molecular flexibility index (Phi) is 7.79. The van der Waals surface area contributed by atoms with Crippen LogP contribution in [-0.4, -0.2) is 18.6 Å². The number of rotatable bonds is 3. The SMILES string of the molecule is CCOC(=O)[C@H](N)C(C)C.Cl. The molecule has 0 fully saturated rings. The van der Waals surface area contributed by atoms with Gasteiger partial charge in [-0.2, -0.15) is 0 Å². The van der Waals surface area contributed by atoms with Gasteiger partial charge in [0.2, 0.25) is 0 Å². The molecular weight excluding hydrogens is 166 g/mol. The lowest BCUT2D eigenvalue weighted by atomic mass is 10.1. The maximum absolute atomic E-state index is 10.8. The Balaban J connectivity index is 0. The van der Waals surface area contributed by atoms with Gasteiger partial charge >= 0.3 is 5.97 Å². The quantitative estimate of drug-likeness (QED) is 0.660. The molecule has 68 valence electrons. The molecular formula is C7H16ClNO2. The van der Waals surface area contributed by atoms with E-state index in [2.05, 4.69) is 0 Å². The molecule has 0 heterocycles. The fraction of sp³-hybridized carbons (Fsp3) is 0.857. The molecule has 4 heteroatoms. The lowest BCUT2D eigenvalue weighted by molar-refractivity contribution is -0.145. The molecule has 0 rings (SSSR count). The van der Waals surface area contributed by atoms with E-state index in [1.54, 1.807) is 6.92 Å². The fourth-order valence-corrected chi connectivity index (χ4v) is 0.511. The first-order chi connectivity index (χ1) is 4.59. The monoisotopic (exact) mass is 181 g/mol. The highest BCUT2D eigenvalue weighted by atomic mass is 35.5. The van der Waals surface area contributed by atoms with Gasteiger partial charge in [-0.3, -0.25) is 4.79 Å². The van der Waals surface area contributed by atoms with Crippen molar-refractivity contribution in [2.75, 3.05) is 6.61 Å². The molecule has 0 bridgehead atoms. The predicted molar refractivity (Wildman–Crippen MR) is 46.7 cm³/mol. The molecule has 1 atom stereocenters. The van der Waals surface area contributed by atoms with Crippen LogP contribution in [0.25, 0.3) is 0 Å². The number of ether oxygens (including phenoxy) is 1. The van der Waals surface area contributed by atoms with E-state index in [9.17, 15) is 4.79 Å². The first kappa shape index (κ1) is 13.3. The lowest BCUT2D eigenvalue weighted by Crippen LogP contribution is -2.36. The summed E-state index contributed by atoms with van der Waals surface area (Å²) in [5.41, 5.74) is 5.47. The summed E-state index contributed by atoms with van der Waals surface area (Å²) in [6, 6.07) is -0.472. The largest absolute Gasteiger partial charge is 0.465 e. The van der Waals surface area contributed by atoms with E-state index in [4.69, 9.17) is 10.5 Å². The molecule has 11 heavy (non-hydrogen) atoms. The lowest BCUT2D eigenvalue weighted by Gasteiger charge is -2.12. The molecule has 3 nitrogen and oxygen atoms in total. The highest BCUT2D eigenvalue weighted by Crippen LogP contribution is 1.99. The van der Waals surface area contributed by atoms with Gasteiger partial charge in [0.15, 0.2) is 0 Å². The van der Waals surface area contributed by atoms with Crippen molar-refractivity contribution >= 4 is 18.4 Å². The number of hydrogen-bond acceptors (Lipinski definition) is 3. The molecule has 0 aliphatic carbocycles. The summed E-state index contributed by atoms with van der Waals surface area (Å²) in [5, 5.41) is 0. The third-order valence-electron chi connectivity index (χ3n) is 1.28. The van der Waals surface area contributed by atoms with Crippen LogP contribution >= 0.6 is 12.4 Å². The Bertz CT molecular complexity index is 117. The summed E-state index contributed by atoms with van der Waals surface area (Å²) >= 11 is 0. The summed E-state index contributed by atoms with van der Waals surface area (Å²) in [6.45, 7) is 5.95. The number of nitrogens with two attached hydrogens (primary N) is 1. The van der Waals surface area contributed by atoms with Crippen molar-refractivity contribution < 1.29 is 9.53 Å². The second kappa shape index (κ2) is 6.43. The summed E-state index contributed by atoms with van der Waals surface area (Å²) in [5.74, 6) is -0.156. The molecule has 0 saturated carbocycles. The Hall–Kier alpha value is -0.280. The zero-order chi connectivity index (χ0) is 8.15. The van der Waals surface area contributed by atoms with Crippen molar-refractivity contribution in [3.05, 3.63) is 0 Å². The molecule has 0 aliphatic rings. The van der Waals surface area contributed by atoms with Crippen molar-refractivity contribution in [1.82, 2.24) is 0 Å². The van der Waals surface area contributed by atoms with Gasteiger partial charge in [-0.15, -0.1) is 12.4 Å². The topological polar surface area (TPSA) is 52.3 Å². The van der Waals surface area contributed by atoms with E-state index >= 15 is 0 Å². The van der Waals surface area contributed by atoms with Crippen LogP contribution in [0.3, 0.4) is 0 Å². The van der Waals surface area contributed by atoms with Crippen LogP contribution in [-0.2, 0) is 9.53 Å². The summed E-state index contributed by atoms with van der Waals surface area (Å²) < 4.78 is 4.70. The average Bonchev–Trinajstić information content (AvgIpc) is 1.87. The third-order valence-corrected chi connectivity index (χ3v) is 1.28. The van der Waals surface area contributed by atoms with Gasteiger partial charge in [0, 0.05) is 0 Å². The van der Waals surface area contributed by atoms with E-state index in [0.717, 1.165) is 0 Å². The van der Waals surface area contributed by atoms with E-state index in [0.29, 0.717) is 6.61 Å². The zero-order valence-corrected chi connectivity index (χ0v) is 7.98. The number of esters is 1. The van der Waals surface area contributed by atoms with Gasteiger partial charge in [-0.1, -0.05) is 13.8 Å². The Morgan fingerprint density at radius 2 is 2.00 bits per heavy atom. The Labute approximate surface area is 73.7 Å². The van der Waals surface area contributed by atoms with Crippen LogP contribution in [0.5, 0.6) is 0 Å². The number of hydrogen-bond donors (Lipinski definition) is 1. The molecule has 0 radical (unpaired) electrons. The van der Waals surface area contributed by atoms with Gasteiger partial charge in [-0.25, -0.2) is 0 Å². The van der Waals surface area contributed by atoms with E-state index in [-0.39, 0.29) is 24.3 Å². The van der Waals surface area contributed by atoms with Crippen LogP contribution in [0.4, 0.5) is 0 Å². The summed E-state index contributed by atoms with van der Waals surface area (Å²) in [7, 11) is 0. The van der Waals surface area contributed by atoms with Crippen molar-refractivity contribution in [1.29, 1.82) is 0 Å². The molecule has 0 aliphatic heterocycles. The second-order valence-electron chi connectivity index (χ2n) is 2.52. The van der Waals surface area contributed by atoms with Gasteiger partial charge in [-0.05, 0) is 12.8 Å². The molecule has 0 aromatic rings. The molecule has 0 unspecified atom stereocenters. The molecule has 0 amide bonds. The predicted octanol–water partition coefficient (Wildman–Crippen LogP) is 0.955. The summed E-state index contributed by atoms with van der Waals surface area (Å²) in [4.78, 5) is 10.8. The zero-order valence-electron chi connectivity index (χ0n) is 7.16. The normalized spacial score (nSPS) is 12.1. The smallest absolute Gasteiger partial charge is 0.323 e. The maximum atomic E-state index is 10.8. The van der Waals surface area contributed by atoms with Crippen LogP contribution in [0.1, 0.15) is 20.8 Å². The number of halogens is 1. The first-order valence-electron chi connectivity index (χ1n) is 3.51. The third kappa shape index (κ3) is 5.04. The maximum Gasteiger partial charge on any atom is 0.323 e. The number of carbonyl (C=O) groups is 1.